The van der Waals surface area contributed by atoms with Crippen LogP contribution in [0.4, 0.5) is 0 Å². The molecule has 0 bridgehead atoms. The molecule has 13 heteroatoms. The van der Waals surface area contributed by atoms with Crippen LogP contribution in [0.5, 0.6) is 0 Å². The largest absolute Gasteiger partial charge is 0.391 e. The van der Waals surface area contributed by atoms with Crippen LogP contribution in [0, 0.1) is 5.92 Å². The highest BCUT2D eigenvalue weighted by molar-refractivity contribution is 5.95. The van der Waals surface area contributed by atoms with Gasteiger partial charge in [0.05, 0.1) is 19.2 Å². The van der Waals surface area contributed by atoms with Gasteiger partial charge in [0.2, 0.25) is 29.5 Å². The third-order valence-corrected chi connectivity index (χ3v) is 7.22. The number of pyridine rings is 1. The fraction of sp³-hybridized carbons (Fsp3) is 0.484. The second kappa shape index (κ2) is 16.5. The van der Waals surface area contributed by atoms with E-state index in [1.54, 1.807) is 62.5 Å². The molecule has 1 saturated heterocycles. The van der Waals surface area contributed by atoms with E-state index >= 15 is 0 Å². The number of benzene rings is 1. The minimum absolute atomic E-state index is 0.00876. The van der Waals surface area contributed by atoms with E-state index in [0.29, 0.717) is 6.54 Å². The number of aromatic nitrogens is 1. The van der Waals surface area contributed by atoms with Gasteiger partial charge in [0.1, 0.15) is 18.1 Å². The van der Waals surface area contributed by atoms with E-state index in [1.807, 2.05) is 18.2 Å². The average molecular weight is 610 g/mol. The Balaban J connectivity index is 1.85. The summed E-state index contributed by atoms with van der Waals surface area (Å²) in [5.41, 5.74) is 1.72. The maximum atomic E-state index is 13.5. The molecule has 1 aromatic carbocycles. The summed E-state index contributed by atoms with van der Waals surface area (Å²) >= 11 is 0. The molecule has 5 N–H and O–H groups in total. The van der Waals surface area contributed by atoms with Crippen LogP contribution < -0.4 is 21.3 Å². The quantitative estimate of drug-likeness (QED) is 0.259. The lowest BCUT2D eigenvalue weighted by molar-refractivity contribution is -0.138. The van der Waals surface area contributed by atoms with Gasteiger partial charge in [-0.2, -0.15) is 0 Å². The van der Waals surface area contributed by atoms with Gasteiger partial charge in [-0.1, -0.05) is 44.2 Å². The van der Waals surface area contributed by atoms with Crippen LogP contribution in [-0.4, -0.2) is 107 Å². The zero-order valence-corrected chi connectivity index (χ0v) is 25.7. The monoisotopic (exact) mass is 609 g/mol. The zero-order chi connectivity index (χ0) is 32.2. The minimum atomic E-state index is -1.32. The van der Waals surface area contributed by atoms with Crippen LogP contribution in [0.15, 0.2) is 54.9 Å². The number of aliphatic hydroxyl groups excluding tert-OH is 1. The van der Waals surface area contributed by atoms with Gasteiger partial charge in [0.15, 0.2) is 0 Å². The Hall–Kier alpha value is -4.36. The standard InChI is InChI=1S/C31H43N7O6/c1-20(2)27-31(44)34-24(16-22-8-6-5-7-9-22)29(42)36-28(21(3)39)30(43)33-14-15-38(18-25(40)35-27)26(41)19-37(4)17-23-10-12-32-13-11-23/h5-13,20-21,24,27-28,39H,14-19H2,1-4H3,(H,33,43)(H,34,44)(H,35,40)(H,36,42)/t21-,24+,27-,28+/m1/s1. The molecule has 238 valence electrons. The number of hydrogen-bond acceptors (Lipinski definition) is 8. The van der Waals surface area contributed by atoms with Crippen molar-refractivity contribution in [2.45, 2.75) is 58.0 Å². The summed E-state index contributed by atoms with van der Waals surface area (Å²) in [6, 6.07) is 9.28. The second-order valence-electron chi connectivity index (χ2n) is 11.4. The highest BCUT2D eigenvalue weighted by atomic mass is 16.3. The molecule has 44 heavy (non-hydrogen) atoms. The lowest BCUT2D eigenvalue weighted by Crippen LogP contribution is -2.60. The Morgan fingerprint density at radius 2 is 1.61 bits per heavy atom. The first-order chi connectivity index (χ1) is 20.9. The van der Waals surface area contributed by atoms with Crippen LogP contribution in [0.3, 0.4) is 0 Å². The SMILES string of the molecule is CC(C)[C@H]1NC(=O)CN(C(=O)CN(C)Cc2ccncc2)CCNC(=O)[C@H]([C@@H](C)O)NC(=O)[C@H](Cc2ccccc2)NC1=O. The number of carbonyl (C=O) groups excluding carboxylic acids is 5. The molecule has 0 spiro atoms. The fourth-order valence-corrected chi connectivity index (χ4v) is 4.81. The number of nitrogens with one attached hydrogen (secondary N) is 4. The van der Waals surface area contributed by atoms with Crippen molar-refractivity contribution in [2.75, 3.05) is 33.2 Å². The molecule has 0 radical (unpaired) electrons. The molecular formula is C31H43N7O6. The summed E-state index contributed by atoms with van der Waals surface area (Å²) in [7, 11) is 1.77. The molecule has 13 nitrogen and oxygen atoms in total. The topological polar surface area (TPSA) is 173 Å². The van der Waals surface area contributed by atoms with Crippen molar-refractivity contribution in [1.29, 1.82) is 0 Å². The van der Waals surface area contributed by atoms with Crippen LogP contribution in [0.25, 0.3) is 0 Å². The van der Waals surface area contributed by atoms with Crippen molar-refractivity contribution < 1.29 is 29.1 Å². The molecule has 2 heterocycles. The Bertz CT molecular complexity index is 1270. The molecule has 2 aromatic rings. The predicted molar refractivity (Wildman–Crippen MR) is 163 cm³/mol. The van der Waals surface area contributed by atoms with Crippen molar-refractivity contribution >= 4 is 29.5 Å². The minimum Gasteiger partial charge on any atom is -0.391 e. The van der Waals surface area contributed by atoms with Crippen LogP contribution >= 0.6 is 0 Å². The van der Waals surface area contributed by atoms with Gasteiger partial charge in [0, 0.05) is 38.4 Å². The number of rotatable bonds is 8. The summed E-state index contributed by atoms with van der Waals surface area (Å²) in [6.45, 7) is 4.95. The van der Waals surface area contributed by atoms with E-state index in [9.17, 15) is 29.1 Å². The number of aliphatic hydroxyl groups is 1. The Labute approximate surface area is 257 Å². The van der Waals surface area contributed by atoms with Crippen molar-refractivity contribution in [3.05, 3.63) is 66.0 Å². The number of nitrogens with zero attached hydrogens (tertiary/aromatic N) is 3. The van der Waals surface area contributed by atoms with E-state index < -0.39 is 47.9 Å². The number of likely N-dealkylation sites (N-methyl/N-ethyl adjacent to an activating group) is 1. The normalized spacial score (nSPS) is 21.4. The lowest BCUT2D eigenvalue weighted by Gasteiger charge is -2.28. The average Bonchev–Trinajstić information content (AvgIpc) is 2.97. The van der Waals surface area contributed by atoms with Crippen molar-refractivity contribution in [1.82, 2.24) is 36.1 Å². The molecule has 1 aliphatic rings. The lowest BCUT2D eigenvalue weighted by atomic mass is 10.0. The molecule has 4 atom stereocenters. The first kappa shape index (κ1) is 34.1. The van der Waals surface area contributed by atoms with Crippen LogP contribution in [0.1, 0.15) is 31.9 Å². The van der Waals surface area contributed by atoms with Gasteiger partial charge in [-0.15, -0.1) is 0 Å². The van der Waals surface area contributed by atoms with E-state index in [2.05, 4.69) is 26.3 Å². The van der Waals surface area contributed by atoms with Crippen LogP contribution in [-0.2, 0) is 36.9 Å². The van der Waals surface area contributed by atoms with Crippen molar-refractivity contribution in [3.63, 3.8) is 0 Å². The van der Waals surface area contributed by atoms with Gasteiger partial charge in [-0.25, -0.2) is 0 Å². The van der Waals surface area contributed by atoms with E-state index in [1.165, 1.54) is 11.8 Å². The van der Waals surface area contributed by atoms with Crippen molar-refractivity contribution in [2.24, 2.45) is 5.92 Å². The van der Waals surface area contributed by atoms with Gasteiger partial charge in [-0.3, -0.25) is 33.9 Å². The smallest absolute Gasteiger partial charge is 0.245 e. The van der Waals surface area contributed by atoms with Gasteiger partial charge in [0.25, 0.3) is 0 Å². The molecule has 1 fully saturated rings. The number of amides is 5. The van der Waals surface area contributed by atoms with Gasteiger partial charge < -0.3 is 31.3 Å². The molecular weight excluding hydrogens is 566 g/mol. The molecule has 1 aliphatic heterocycles. The maximum Gasteiger partial charge on any atom is 0.245 e. The number of carbonyl (C=O) groups is 5. The Kier molecular flexibility index (Phi) is 12.8. The molecule has 1 aromatic heterocycles. The van der Waals surface area contributed by atoms with E-state index in [0.717, 1.165) is 11.1 Å². The summed E-state index contributed by atoms with van der Waals surface area (Å²) in [5.74, 6) is -3.19. The Morgan fingerprint density at radius 1 is 0.932 bits per heavy atom. The van der Waals surface area contributed by atoms with Crippen molar-refractivity contribution in [3.8, 4) is 0 Å². The van der Waals surface area contributed by atoms with Gasteiger partial charge in [-0.05, 0) is 43.1 Å². The first-order valence-corrected chi connectivity index (χ1v) is 14.7. The highest BCUT2D eigenvalue weighted by Crippen LogP contribution is 2.09. The summed E-state index contributed by atoms with van der Waals surface area (Å²) in [6.07, 6.45) is 2.18. The molecule has 3 rings (SSSR count). The summed E-state index contributed by atoms with van der Waals surface area (Å²) in [4.78, 5) is 73.6. The first-order valence-electron chi connectivity index (χ1n) is 14.7. The zero-order valence-electron chi connectivity index (χ0n) is 25.7. The van der Waals surface area contributed by atoms with Gasteiger partial charge >= 0.3 is 0 Å². The Morgan fingerprint density at radius 3 is 2.25 bits per heavy atom. The van der Waals surface area contributed by atoms with E-state index in [4.69, 9.17) is 0 Å². The maximum absolute atomic E-state index is 13.5. The summed E-state index contributed by atoms with van der Waals surface area (Å²) < 4.78 is 0. The molecule has 0 unspecified atom stereocenters. The van der Waals surface area contributed by atoms with E-state index in [-0.39, 0.29) is 44.4 Å². The third-order valence-electron chi connectivity index (χ3n) is 7.22. The second-order valence-corrected chi connectivity index (χ2v) is 11.4. The predicted octanol–water partition coefficient (Wildman–Crippen LogP) is -0.794. The number of hydrogen-bond donors (Lipinski definition) is 5. The molecule has 5 amide bonds. The third kappa shape index (κ3) is 10.4. The fourth-order valence-electron chi connectivity index (χ4n) is 4.81. The molecule has 0 aliphatic carbocycles. The van der Waals surface area contributed by atoms with Crippen LogP contribution in [0.2, 0.25) is 0 Å². The highest BCUT2D eigenvalue weighted by Gasteiger charge is 2.33. The summed E-state index contributed by atoms with van der Waals surface area (Å²) in [5, 5.41) is 21.0. The molecule has 0 saturated carbocycles.